The number of anilines is 3. The number of aryl methyl sites for hydroxylation is 3. The molecular weight excluding hydrogens is 1020 g/mol. The Balaban J connectivity index is 0.000000240. The molecule has 6 aromatic rings. The first-order valence-corrected chi connectivity index (χ1v) is 27.1. The van der Waals surface area contributed by atoms with Crippen LogP contribution in [-0.4, -0.2) is 72.9 Å². The van der Waals surface area contributed by atoms with Crippen LogP contribution < -0.4 is 32.9 Å². The van der Waals surface area contributed by atoms with Crippen LogP contribution in [0, 0.1) is 20.8 Å². The van der Waals surface area contributed by atoms with Crippen molar-refractivity contribution < 1.29 is 29.6 Å². The Bertz CT molecular complexity index is 2640. The standard InChI is InChI=1S/C17H23N5O2S.C17H22N4O3S.C17H22N4OS2/c1-12-19-17(25-22-12)14(10-6-3-7-11-15(18)21-24)16(23)20-13-8-4-2-5-9-13;1-12-18-17(25-21-12)14(10-6-3-7-11-15(22)20-24)16(23)19-13-8-4-2-5-9-13;1-12-19-17(24-21-12)14(10-6-3-7-11-15(18)23)16(22)20-13-8-4-2-5-9-13/h2,4-5,8-9,14,24H,3,6-7,10-11H2,1H3,(H2,18,21)(H,20,23);2,4-5,8-9,14,24H,3,6-7,10-11H2,1H3,(H,19,23)(H,20,22);2,4-5,8-9,14H,3,6-7,10-11H2,1H3,(H2,18,23)(H,20,22). The zero-order valence-electron chi connectivity index (χ0n) is 41.9. The average Bonchev–Trinajstić information content (AvgIpc) is 4.16. The molecule has 0 saturated heterocycles. The summed E-state index contributed by atoms with van der Waals surface area (Å²) in [5.41, 5.74) is 14.9. The topological polar surface area (TPSA) is 299 Å². The van der Waals surface area contributed by atoms with Crippen molar-refractivity contribution in [2.45, 2.75) is 135 Å². The van der Waals surface area contributed by atoms with Crippen molar-refractivity contribution in [1.82, 2.24) is 33.6 Å². The Kier molecular flexibility index (Phi) is 27.5. The van der Waals surface area contributed by atoms with Crippen LogP contribution in [0.5, 0.6) is 0 Å². The second-order valence-electron chi connectivity index (χ2n) is 17.2. The van der Waals surface area contributed by atoms with Gasteiger partial charge in [0.1, 0.15) is 38.3 Å². The molecular formula is C51H67N13O6S4. The molecule has 74 heavy (non-hydrogen) atoms. The lowest BCUT2D eigenvalue weighted by atomic mass is 10.00. The second kappa shape index (κ2) is 33.9. The van der Waals surface area contributed by atoms with Crippen LogP contribution in [0.1, 0.15) is 147 Å². The van der Waals surface area contributed by atoms with Gasteiger partial charge in [0.2, 0.25) is 23.6 Å². The van der Waals surface area contributed by atoms with Gasteiger partial charge in [0.15, 0.2) is 0 Å². The van der Waals surface area contributed by atoms with Crippen molar-refractivity contribution in [2.75, 3.05) is 16.0 Å². The first-order valence-electron chi connectivity index (χ1n) is 24.4. The van der Waals surface area contributed by atoms with Gasteiger partial charge in [0.25, 0.3) is 0 Å². The molecule has 3 heterocycles. The van der Waals surface area contributed by atoms with E-state index >= 15 is 0 Å². The molecule has 396 valence electrons. The molecule has 0 aliphatic heterocycles. The number of thiocarbonyl (C=S) groups is 1. The normalized spacial score (nSPS) is 12.1. The first-order chi connectivity index (χ1) is 35.8. The number of aromatic nitrogens is 6. The fourth-order valence-corrected chi connectivity index (χ4v) is 9.81. The van der Waals surface area contributed by atoms with E-state index in [2.05, 4.69) is 49.2 Å². The summed E-state index contributed by atoms with van der Waals surface area (Å²) < 4.78 is 12.6. The van der Waals surface area contributed by atoms with Crippen molar-refractivity contribution in [3.63, 3.8) is 0 Å². The number of nitrogens with two attached hydrogens (primary N) is 2. The minimum Gasteiger partial charge on any atom is -0.409 e. The molecule has 0 aliphatic carbocycles. The number of benzene rings is 3. The van der Waals surface area contributed by atoms with Crippen LogP contribution >= 0.6 is 46.8 Å². The predicted molar refractivity (Wildman–Crippen MR) is 297 cm³/mol. The second-order valence-corrected chi connectivity index (χ2v) is 20.0. The number of amides is 4. The van der Waals surface area contributed by atoms with E-state index in [0.717, 1.165) is 91.3 Å². The maximum absolute atomic E-state index is 12.7. The third-order valence-corrected chi connectivity index (χ3v) is 14.0. The number of amidine groups is 1. The molecule has 23 heteroatoms. The smallest absolute Gasteiger partial charge is 0.243 e. The highest BCUT2D eigenvalue weighted by Gasteiger charge is 2.27. The molecule has 10 N–H and O–H groups in total. The van der Waals surface area contributed by atoms with E-state index in [4.69, 9.17) is 34.1 Å². The number of unbranched alkanes of at least 4 members (excludes halogenated alkanes) is 6. The number of para-hydroxylation sites is 3. The van der Waals surface area contributed by atoms with Crippen LogP contribution in [0.4, 0.5) is 17.1 Å². The number of oxime groups is 1. The average molecular weight is 1090 g/mol. The molecule has 4 amide bonds. The molecule has 3 aromatic carbocycles. The van der Waals surface area contributed by atoms with Crippen LogP contribution in [0.25, 0.3) is 0 Å². The van der Waals surface area contributed by atoms with Gasteiger partial charge in [-0.25, -0.2) is 20.4 Å². The number of hydroxylamine groups is 1. The van der Waals surface area contributed by atoms with Gasteiger partial charge >= 0.3 is 0 Å². The number of carbonyl (C=O) groups excluding carboxylic acids is 4. The number of nitrogens with one attached hydrogen (secondary N) is 4. The molecule has 3 unspecified atom stereocenters. The fourth-order valence-electron chi connectivity index (χ4n) is 7.29. The number of carbonyl (C=O) groups is 4. The Morgan fingerprint density at radius 1 is 0.527 bits per heavy atom. The first kappa shape index (κ1) is 59.9. The van der Waals surface area contributed by atoms with Gasteiger partial charge in [-0.2, -0.15) is 13.1 Å². The van der Waals surface area contributed by atoms with Crippen LogP contribution in [0.3, 0.4) is 0 Å². The Morgan fingerprint density at radius 2 is 0.851 bits per heavy atom. The van der Waals surface area contributed by atoms with E-state index in [-0.39, 0.29) is 47.7 Å². The van der Waals surface area contributed by atoms with E-state index in [1.54, 1.807) is 12.4 Å². The molecule has 0 radical (unpaired) electrons. The molecule has 19 nitrogen and oxygen atoms in total. The van der Waals surface area contributed by atoms with Gasteiger partial charge in [0.05, 0.1) is 22.7 Å². The number of hydrogen-bond acceptors (Lipinski definition) is 17. The Hall–Kier alpha value is -6.66. The van der Waals surface area contributed by atoms with E-state index in [1.165, 1.54) is 34.6 Å². The molecule has 6 rings (SSSR count). The zero-order valence-corrected chi connectivity index (χ0v) is 45.2. The molecule has 3 aromatic heterocycles. The number of rotatable bonds is 27. The van der Waals surface area contributed by atoms with Crippen molar-refractivity contribution in [3.8, 4) is 0 Å². The lowest BCUT2D eigenvalue weighted by molar-refractivity contribution is -0.129. The van der Waals surface area contributed by atoms with E-state index in [0.29, 0.717) is 53.2 Å². The van der Waals surface area contributed by atoms with E-state index < -0.39 is 5.91 Å². The Labute approximate surface area is 450 Å². The van der Waals surface area contributed by atoms with E-state index in [9.17, 15) is 19.2 Å². The third kappa shape index (κ3) is 23.0. The van der Waals surface area contributed by atoms with Gasteiger partial charge < -0.3 is 32.6 Å². The summed E-state index contributed by atoms with van der Waals surface area (Å²) in [5, 5.41) is 31.0. The highest BCUT2D eigenvalue weighted by molar-refractivity contribution is 7.80. The molecule has 0 spiro atoms. The summed E-state index contributed by atoms with van der Waals surface area (Å²) in [5.74, 6) is 0.731. The quantitative estimate of drug-likeness (QED) is 0.00453. The highest BCUT2D eigenvalue weighted by atomic mass is 32.1. The van der Waals surface area contributed by atoms with Gasteiger partial charge in [-0.1, -0.05) is 110 Å². The monoisotopic (exact) mass is 1090 g/mol. The predicted octanol–water partition coefficient (Wildman–Crippen LogP) is 10.1. The molecule has 3 atom stereocenters. The van der Waals surface area contributed by atoms with E-state index in [1.807, 2.05) is 105 Å². The summed E-state index contributed by atoms with van der Waals surface area (Å²) >= 11 is 8.71. The van der Waals surface area contributed by atoms with Crippen molar-refractivity contribution in [2.24, 2.45) is 16.6 Å². The third-order valence-electron chi connectivity index (χ3n) is 11.1. The molecule has 0 fully saturated rings. The maximum atomic E-state index is 12.7. The minimum atomic E-state index is -0.391. The van der Waals surface area contributed by atoms with Gasteiger partial charge in [-0.05, 0) is 137 Å². The van der Waals surface area contributed by atoms with Crippen LogP contribution in [0.15, 0.2) is 96.2 Å². The lowest BCUT2D eigenvalue weighted by Gasteiger charge is -2.14. The summed E-state index contributed by atoms with van der Waals surface area (Å²) in [6.45, 7) is 5.47. The van der Waals surface area contributed by atoms with Crippen LogP contribution in [-0.2, 0) is 19.2 Å². The molecule has 0 bridgehead atoms. The minimum absolute atomic E-state index is 0.0355. The van der Waals surface area contributed by atoms with Crippen molar-refractivity contribution >= 4 is 98.3 Å². The summed E-state index contributed by atoms with van der Waals surface area (Å²) in [6, 6.07) is 28.2. The van der Waals surface area contributed by atoms with Gasteiger partial charge in [-0.3, -0.25) is 24.4 Å². The fraction of sp³-hybridized carbons (Fsp3) is 0.412. The van der Waals surface area contributed by atoms with Gasteiger partial charge in [0, 0.05) is 29.9 Å². The van der Waals surface area contributed by atoms with Crippen molar-refractivity contribution in [1.29, 1.82) is 0 Å². The van der Waals surface area contributed by atoms with Crippen molar-refractivity contribution in [3.05, 3.63) is 123 Å². The SMILES string of the molecule is Cc1nsc(C(CCCCCC(=O)NO)C(=O)Nc2ccccc2)n1.Cc1nsc(C(CCCCCC(N)=NO)C(=O)Nc2ccccc2)n1.Cc1nsc(C(CCCCCC(N)=S)C(=O)Nc2ccccc2)n1. The summed E-state index contributed by atoms with van der Waals surface area (Å²) in [4.78, 5) is 62.8. The maximum Gasteiger partial charge on any atom is 0.243 e. The number of hydrogen-bond donors (Lipinski definition) is 8. The number of nitrogens with zero attached hydrogens (tertiary/aromatic N) is 7. The largest absolute Gasteiger partial charge is 0.409 e. The van der Waals surface area contributed by atoms with Gasteiger partial charge in [-0.15, -0.1) is 0 Å². The molecule has 0 aliphatic rings. The van der Waals surface area contributed by atoms with Crippen LogP contribution in [0.2, 0.25) is 0 Å². The highest BCUT2D eigenvalue weighted by Crippen LogP contribution is 2.29. The summed E-state index contributed by atoms with van der Waals surface area (Å²) in [7, 11) is 0. The molecule has 0 saturated carbocycles. The summed E-state index contributed by atoms with van der Waals surface area (Å²) in [6.07, 6.45) is 11.3. The Morgan fingerprint density at radius 3 is 1.14 bits per heavy atom. The lowest BCUT2D eigenvalue weighted by Crippen LogP contribution is -2.21. The zero-order chi connectivity index (χ0) is 53.5.